The topological polar surface area (TPSA) is 46.3 Å². The van der Waals surface area contributed by atoms with Crippen LogP contribution in [0, 0.1) is 0 Å². The molecule has 0 atom stereocenters. The third-order valence-electron chi connectivity index (χ3n) is 4.14. The molecule has 23 heavy (non-hydrogen) atoms. The number of hydrogen-bond donors (Lipinski definition) is 0. The lowest BCUT2D eigenvalue weighted by atomic mass is 10.1. The molecule has 3 aromatic heterocycles. The molecule has 1 fully saturated rings. The highest BCUT2D eigenvalue weighted by Gasteiger charge is 2.18. The number of halogens is 1. The molecule has 1 aliphatic rings. The van der Waals surface area contributed by atoms with Gasteiger partial charge < -0.3 is 9.32 Å². The maximum Gasteiger partial charge on any atom is 0.204 e. The van der Waals surface area contributed by atoms with Gasteiger partial charge in [0.2, 0.25) is 5.43 Å². The van der Waals surface area contributed by atoms with Crippen LogP contribution in [0.15, 0.2) is 39.0 Å². The molecule has 0 aliphatic carbocycles. The maximum absolute atomic E-state index is 12.4. The maximum atomic E-state index is 12.4. The number of hydrogen-bond acceptors (Lipinski definition) is 5. The minimum atomic E-state index is 0.0169. The van der Waals surface area contributed by atoms with Gasteiger partial charge in [-0.15, -0.1) is 11.3 Å². The lowest BCUT2D eigenvalue weighted by Gasteiger charge is -2.26. The summed E-state index contributed by atoms with van der Waals surface area (Å²) in [7, 11) is 0. The second-order valence-corrected chi connectivity index (χ2v) is 6.94. The third kappa shape index (κ3) is 2.75. The summed E-state index contributed by atoms with van der Waals surface area (Å²) in [6, 6.07) is 5.28. The Labute approximate surface area is 142 Å². The number of piperidine rings is 1. The molecule has 0 amide bonds. The second kappa shape index (κ2) is 5.98. The molecule has 6 heteroatoms. The average Bonchev–Trinajstić information content (AvgIpc) is 3.00. The zero-order valence-corrected chi connectivity index (χ0v) is 14.0. The molecule has 0 spiro atoms. The fourth-order valence-electron chi connectivity index (χ4n) is 2.97. The zero-order chi connectivity index (χ0) is 15.8. The molecule has 4 heterocycles. The van der Waals surface area contributed by atoms with E-state index in [1.165, 1.54) is 17.8 Å². The number of pyridine rings is 1. The van der Waals surface area contributed by atoms with E-state index < -0.39 is 0 Å². The van der Waals surface area contributed by atoms with Crippen LogP contribution in [0.1, 0.15) is 19.3 Å². The number of aromatic nitrogens is 1. The Morgan fingerprint density at radius 2 is 2.04 bits per heavy atom. The van der Waals surface area contributed by atoms with Gasteiger partial charge in [0.25, 0.3) is 0 Å². The van der Waals surface area contributed by atoms with Crippen molar-refractivity contribution in [3.05, 3.63) is 45.2 Å². The van der Waals surface area contributed by atoms with E-state index in [0.29, 0.717) is 21.3 Å². The third-order valence-corrected chi connectivity index (χ3v) is 5.32. The first-order valence-electron chi connectivity index (χ1n) is 7.64. The monoisotopic (exact) mass is 346 g/mol. The Morgan fingerprint density at radius 3 is 2.83 bits per heavy atom. The smallest absolute Gasteiger partial charge is 0.204 e. The van der Waals surface area contributed by atoms with Crippen molar-refractivity contribution in [2.75, 3.05) is 18.0 Å². The lowest BCUT2D eigenvalue weighted by Crippen LogP contribution is -2.29. The fraction of sp³-hybridized carbons (Fsp3) is 0.294. The molecule has 0 radical (unpaired) electrons. The van der Waals surface area contributed by atoms with Crippen LogP contribution in [-0.4, -0.2) is 18.1 Å². The highest BCUT2D eigenvalue weighted by molar-refractivity contribution is 7.17. The molecule has 0 unspecified atom stereocenters. The Kier molecular flexibility index (Phi) is 3.83. The van der Waals surface area contributed by atoms with Gasteiger partial charge in [-0.3, -0.25) is 4.79 Å². The van der Waals surface area contributed by atoms with E-state index in [1.807, 2.05) is 11.4 Å². The van der Waals surface area contributed by atoms with Crippen LogP contribution in [0.25, 0.3) is 21.4 Å². The van der Waals surface area contributed by atoms with Gasteiger partial charge in [-0.25, -0.2) is 4.98 Å². The minimum Gasteiger partial charge on any atom is -0.439 e. The van der Waals surface area contributed by atoms with E-state index >= 15 is 0 Å². The number of fused-ring (bicyclic) bond motifs is 1. The van der Waals surface area contributed by atoms with E-state index in [0.717, 1.165) is 37.1 Å². The second-order valence-electron chi connectivity index (χ2n) is 5.67. The van der Waals surface area contributed by atoms with Crippen molar-refractivity contribution in [1.82, 2.24) is 4.98 Å². The normalized spacial score (nSPS) is 15.3. The van der Waals surface area contributed by atoms with Crippen LogP contribution in [-0.2, 0) is 0 Å². The van der Waals surface area contributed by atoms with E-state index in [9.17, 15) is 4.79 Å². The van der Waals surface area contributed by atoms with Crippen LogP contribution in [0.3, 0.4) is 0 Å². The van der Waals surface area contributed by atoms with Crippen LogP contribution < -0.4 is 10.3 Å². The number of rotatable bonds is 2. The number of anilines is 1. The van der Waals surface area contributed by atoms with E-state index in [2.05, 4.69) is 9.88 Å². The lowest BCUT2D eigenvalue weighted by molar-refractivity contribution is 0.513. The van der Waals surface area contributed by atoms with Gasteiger partial charge >= 0.3 is 0 Å². The molecule has 118 valence electrons. The first-order chi connectivity index (χ1) is 11.2. The fourth-order valence-corrected chi connectivity index (χ4v) is 4.06. The number of nitrogens with zero attached hydrogens (tertiary/aromatic N) is 2. The highest BCUT2D eigenvalue weighted by Crippen LogP contribution is 2.35. The molecule has 4 rings (SSSR count). The zero-order valence-electron chi connectivity index (χ0n) is 12.4. The predicted molar refractivity (Wildman–Crippen MR) is 94.7 cm³/mol. The van der Waals surface area contributed by atoms with E-state index in [-0.39, 0.29) is 5.43 Å². The van der Waals surface area contributed by atoms with Crippen molar-refractivity contribution < 1.29 is 4.42 Å². The molecule has 4 nitrogen and oxygen atoms in total. The van der Waals surface area contributed by atoms with Crippen molar-refractivity contribution >= 4 is 39.1 Å². The summed E-state index contributed by atoms with van der Waals surface area (Å²) < 4.78 is 6.77. The molecule has 1 aliphatic heterocycles. The molecular weight excluding hydrogens is 332 g/mol. The molecular formula is C17H15ClN2O2S. The first-order valence-corrected chi connectivity index (χ1v) is 8.90. The summed E-state index contributed by atoms with van der Waals surface area (Å²) in [6.07, 6.45) is 5.17. The van der Waals surface area contributed by atoms with Gasteiger partial charge in [-0.2, -0.15) is 0 Å². The van der Waals surface area contributed by atoms with Crippen LogP contribution in [0.4, 0.5) is 5.88 Å². The molecule has 0 N–H and O–H groups in total. The van der Waals surface area contributed by atoms with Gasteiger partial charge in [0.05, 0.1) is 0 Å². The highest BCUT2D eigenvalue weighted by atomic mass is 35.5. The summed E-state index contributed by atoms with van der Waals surface area (Å²) in [6.45, 7) is 1.88. The molecule has 1 saturated heterocycles. The Bertz CT molecular complexity index is 912. The Balaban J connectivity index is 1.86. The van der Waals surface area contributed by atoms with Gasteiger partial charge in [0.1, 0.15) is 9.85 Å². The SMILES string of the molecule is O=c1cc(N2CCCCC2)oc2c(-c3ccnc(Cl)c3)csc12. The van der Waals surface area contributed by atoms with E-state index in [4.69, 9.17) is 16.0 Å². The summed E-state index contributed by atoms with van der Waals surface area (Å²) >= 11 is 7.40. The Morgan fingerprint density at radius 1 is 1.22 bits per heavy atom. The molecule has 0 aromatic carbocycles. The quantitative estimate of drug-likeness (QED) is 0.638. The van der Waals surface area contributed by atoms with Gasteiger partial charge in [-0.05, 0) is 37.0 Å². The van der Waals surface area contributed by atoms with Gasteiger partial charge in [-0.1, -0.05) is 11.6 Å². The van der Waals surface area contributed by atoms with Gasteiger partial charge in [0, 0.05) is 36.3 Å². The first kappa shape index (κ1) is 14.7. The number of thiophene rings is 1. The van der Waals surface area contributed by atoms with Gasteiger partial charge in [0.15, 0.2) is 11.5 Å². The summed E-state index contributed by atoms with van der Waals surface area (Å²) in [5.74, 6) is 0.669. The van der Waals surface area contributed by atoms with Crippen molar-refractivity contribution in [3.8, 4) is 11.1 Å². The largest absolute Gasteiger partial charge is 0.439 e. The molecule has 0 saturated carbocycles. The van der Waals surface area contributed by atoms with E-state index in [1.54, 1.807) is 18.3 Å². The van der Waals surface area contributed by atoms with Crippen LogP contribution in [0.5, 0.6) is 0 Å². The molecule has 0 bridgehead atoms. The Hall–Kier alpha value is -1.85. The van der Waals surface area contributed by atoms with Crippen molar-refractivity contribution in [3.63, 3.8) is 0 Å². The minimum absolute atomic E-state index is 0.0169. The average molecular weight is 347 g/mol. The van der Waals surface area contributed by atoms with Crippen molar-refractivity contribution in [2.24, 2.45) is 0 Å². The van der Waals surface area contributed by atoms with Crippen LogP contribution in [0.2, 0.25) is 5.15 Å². The summed E-state index contributed by atoms with van der Waals surface area (Å²) in [5, 5.41) is 2.37. The predicted octanol–water partition coefficient (Wildman–Crippen LogP) is 4.56. The van der Waals surface area contributed by atoms with Crippen molar-refractivity contribution in [2.45, 2.75) is 19.3 Å². The molecule has 3 aromatic rings. The van der Waals surface area contributed by atoms with Crippen LogP contribution >= 0.6 is 22.9 Å². The van der Waals surface area contributed by atoms with Crippen molar-refractivity contribution in [1.29, 1.82) is 0 Å². The summed E-state index contributed by atoms with van der Waals surface area (Å²) in [5.41, 5.74) is 2.47. The summed E-state index contributed by atoms with van der Waals surface area (Å²) in [4.78, 5) is 18.6. The standard InChI is InChI=1S/C17H15ClN2O2S/c18-14-8-11(4-5-19-14)12-10-23-17-13(21)9-15(22-16(12)17)20-6-2-1-3-7-20/h4-5,8-10H,1-3,6-7H2.